The molecule has 1 unspecified atom stereocenters. The Labute approximate surface area is 168 Å². The standard InChI is InChI=1S/C19H27NO9/c1-3-26-17(24)12(18(25)27-4-2)9-13-14(21)15(22)16(23)19(29-13)28-11-7-5-10(20)6-8-11/h5-8,12-16,19,21-23H,3-4,9,20H2,1-2H3/t13-,14-,15+,16+,19?/m1/s1. The molecule has 29 heavy (non-hydrogen) atoms. The van der Waals surface area contributed by atoms with Crippen LogP contribution in [0.25, 0.3) is 0 Å². The summed E-state index contributed by atoms with van der Waals surface area (Å²) in [6.45, 7) is 3.27. The first-order chi connectivity index (χ1) is 13.8. The molecule has 10 heteroatoms. The normalized spacial score (nSPS) is 26.8. The van der Waals surface area contributed by atoms with Crippen LogP contribution in [0, 0.1) is 5.92 Å². The van der Waals surface area contributed by atoms with Crippen LogP contribution in [0.15, 0.2) is 24.3 Å². The number of hydrogen-bond donors (Lipinski definition) is 4. The summed E-state index contributed by atoms with van der Waals surface area (Å²) in [7, 11) is 0. The fourth-order valence-electron chi connectivity index (χ4n) is 2.90. The molecule has 5 atom stereocenters. The highest BCUT2D eigenvalue weighted by Crippen LogP contribution is 2.28. The molecule has 1 aliphatic rings. The van der Waals surface area contributed by atoms with Crippen molar-refractivity contribution in [3.05, 3.63) is 24.3 Å². The van der Waals surface area contributed by atoms with Gasteiger partial charge in [0.25, 0.3) is 0 Å². The molecule has 0 aromatic heterocycles. The molecule has 2 rings (SSSR count). The number of ether oxygens (including phenoxy) is 4. The fourth-order valence-corrected chi connectivity index (χ4v) is 2.90. The Morgan fingerprint density at radius 3 is 2.07 bits per heavy atom. The number of carbonyl (C=O) groups is 2. The van der Waals surface area contributed by atoms with Crippen LogP contribution in [-0.4, -0.2) is 71.2 Å². The summed E-state index contributed by atoms with van der Waals surface area (Å²) in [5.74, 6) is -2.73. The van der Waals surface area contributed by atoms with Gasteiger partial charge in [-0.15, -0.1) is 0 Å². The van der Waals surface area contributed by atoms with Crippen molar-refractivity contribution in [2.24, 2.45) is 5.92 Å². The lowest BCUT2D eigenvalue weighted by Gasteiger charge is -2.40. The Bertz CT molecular complexity index is 663. The summed E-state index contributed by atoms with van der Waals surface area (Å²) in [6, 6.07) is 6.23. The lowest BCUT2D eigenvalue weighted by Crippen LogP contribution is -2.59. The number of hydrogen-bond acceptors (Lipinski definition) is 10. The van der Waals surface area contributed by atoms with E-state index in [4.69, 9.17) is 24.7 Å². The van der Waals surface area contributed by atoms with Crippen molar-refractivity contribution < 1.29 is 43.9 Å². The van der Waals surface area contributed by atoms with Gasteiger partial charge in [-0.2, -0.15) is 0 Å². The van der Waals surface area contributed by atoms with Crippen molar-refractivity contribution in [2.45, 2.75) is 51.0 Å². The molecule has 10 nitrogen and oxygen atoms in total. The Morgan fingerprint density at radius 1 is 1.00 bits per heavy atom. The van der Waals surface area contributed by atoms with E-state index in [-0.39, 0.29) is 19.6 Å². The number of rotatable bonds is 8. The highest BCUT2D eigenvalue weighted by atomic mass is 16.7. The predicted molar refractivity (Wildman–Crippen MR) is 99.5 cm³/mol. The van der Waals surface area contributed by atoms with Crippen LogP contribution in [0.1, 0.15) is 20.3 Å². The van der Waals surface area contributed by atoms with Gasteiger partial charge in [-0.3, -0.25) is 9.59 Å². The molecule has 0 saturated carbocycles. The van der Waals surface area contributed by atoms with Gasteiger partial charge in [0, 0.05) is 12.1 Å². The van der Waals surface area contributed by atoms with Crippen LogP contribution >= 0.6 is 0 Å². The lowest BCUT2D eigenvalue weighted by atomic mass is 9.91. The summed E-state index contributed by atoms with van der Waals surface area (Å²) in [6.07, 6.45) is -7.65. The third kappa shape index (κ3) is 5.80. The fraction of sp³-hybridized carbons (Fsp3) is 0.579. The molecule has 1 fully saturated rings. The van der Waals surface area contributed by atoms with Gasteiger partial charge in [-0.25, -0.2) is 0 Å². The number of nitrogens with two attached hydrogens (primary N) is 1. The number of aliphatic hydroxyl groups is 3. The predicted octanol–water partition coefficient (Wildman–Crippen LogP) is -0.412. The molecule has 1 aromatic rings. The van der Waals surface area contributed by atoms with E-state index >= 15 is 0 Å². The van der Waals surface area contributed by atoms with Gasteiger partial charge in [0.05, 0.1) is 19.3 Å². The van der Waals surface area contributed by atoms with Gasteiger partial charge in [-0.1, -0.05) is 0 Å². The van der Waals surface area contributed by atoms with Crippen LogP contribution < -0.4 is 10.5 Å². The van der Waals surface area contributed by atoms with Crippen LogP contribution in [0.2, 0.25) is 0 Å². The number of anilines is 1. The summed E-state index contributed by atoms with van der Waals surface area (Å²) >= 11 is 0. The first-order valence-corrected chi connectivity index (χ1v) is 9.33. The number of esters is 2. The number of benzene rings is 1. The zero-order chi connectivity index (χ0) is 21.6. The van der Waals surface area contributed by atoms with E-state index in [2.05, 4.69) is 0 Å². The molecular weight excluding hydrogens is 386 g/mol. The minimum atomic E-state index is -1.63. The molecule has 5 N–H and O–H groups in total. The molecule has 0 bridgehead atoms. The second kappa shape index (κ2) is 10.4. The maximum absolute atomic E-state index is 12.2. The molecule has 1 aliphatic heterocycles. The minimum absolute atomic E-state index is 0.0486. The second-order valence-electron chi connectivity index (χ2n) is 6.49. The van der Waals surface area contributed by atoms with Crippen molar-refractivity contribution in [2.75, 3.05) is 18.9 Å². The van der Waals surface area contributed by atoms with Gasteiger partial charge in [0.1, 0.15) is 24.1 Å². The molecule has 0 amide bonds. The topological polar surface area (TPSA) is 158 Å². The molecule has 0 radical (unpaired) electrons. The van der Waals surface area contributed by atoms with E-state index in [1.165, 1.54) is 12.1 Å². The lowest BCUT2D eigenvalue weighted by molar-refractivity contribution is -0.275. The van der Waals surface area contributed by atoms with E-state index in [0.717, 1.165) is 0 Å². The zero-order valence-corrected chi connectivity index (χ0v) is 16.3. The highest BCUT2D eigenvalue weighted by Gasteiger charge is 2.47. The first-order valence-electron chi connectivity index (χ1n) is 9.33. The number of nitrogen functional groups attached to an aromatic ring is 1. The monoisotopic (exact) mass is 413 g/mol. The van der Waals surface area contributed by atoms with E-state index in [9.17, 15) is 24.9 Å². The Balaban J connectivity index is 2.16. The smallest absolute Gasteiger partial charge is 0.320 e. The van der Waals surface area contributed by atoms with Gasteiger partial charge >= 0.3 is 11.9 Å². The second-order valence-corrected chi connectivity index (χ2v) is 6.49. The summed E-state index contributed by atoms with van der Waals surface area (Å²) in [5, 5.41) is 30.7. The van der Waals surface area contributed by atoms with Crippen molar-refractivity contribution in [1.82, 2.24) is 0 Å². The number of carbonyl (C=O) groups excluding carboxylic acids is 2. The maximum Gasteiger partial charge on any atom is 0.320 e. The average molecular weight is 413 g/mol. The van der Waals surface area contributed by atoms with E-state index in [1.54, 1.807) is 26.0 Å². The minimum Gasteiger partial charge on any atom is -0.465 e. The van der Waals surface area contributed by atoms with Crippen molar-refractivity contribution in [3.63, 3.8) is 0 Å². The van der Waals surface area contributed by atoms with Gasteiger partial charge in [0.15, 0.2) is 5.92 Å². The Kier molecular flexibility index (Phi) is 8.21. The maximum atomic E-state index is 12.2. The molecule has 1 heterocycles. The summed E-state index contributed by atoms with van der Waals surface area (Å²) in [4.78, 5) is 24.3. The highest BCUT2D eigenvalue weighted by molar-refractivity contribution is 5.94. The largest absolute Gasteiger partial charge is 0.465 e. The van der Waals surface area contributed by atoms with Crippen LogP contribution in [0.3, 0.4) is 0 Å². The van der Waals surface area contributed by atoms with Crippen molar-refractivity contribution in [1.29, 1.82) is 0 Å². The number of aliphatic hydroxyl groups excluding tert-OH is 3. The third-order valence-corrected chi connectivity index (χ3v) is 4.41. The van der Waals surface area contributed by atoms with E-state index in [0.29, 0.717) is 11.4 Å². The SMILES string of the molecule is CCOC(=O)C(C[C@H]1OC(Oc2ccc(N)cc2)[C@@H](O)[C@@H](O)[C@@H]1O)C(=O)OCC. The van der Waals surface area contributed by atoms with Crippen molar-refractivity contribution >= 4 is 17.6 Å². The van der Waals surface area contributed by atoms with Gasteiger partial charge < -0.3 is 40.0 Å². The third-order valence-electron chi connectivity index (χ3n) is 4.41. The van der Waals surface area contributed by atoms with Gasteiger partial charge in [0.2, 0.25) is 6.29 Å². The molecule has 0 spiro atoms. The van der Waals surface area contributed by atoms with Crippen LogP contribution in [0.5, 0.6) is 5.75 Å². The molecular formula is C19H27NO9. The molecule has 0 aliphatic carbocycles. The van der Waals surface area contributed by atoms with Gasteiger partial charge in [-0.05, 0) is 38.1 Å². The summed E-state index contributed by atoms with van der Waals surface area (Å²) in [5.41, 5.74) is 6.12. The summed E-state index contributed by atoms with van der Waals surface area (Å²) < 4.78 is 20.9. The van der Waals surface area contributed by atoms with E-state index < -0.39 is 48.6 Å². The molecule has 1 aromatic carbocycles. The molecule has 162 valence electrons. The van der Waals surface area contributed by atoms with Crippen LogP contribution in [0.4, 0.5) is 5.69 Å². The Hall–Kier alpha value is -2.40. The first kappa shape index (κ1) is 22.9. The zero-order valence-electron chi connectivity index (χ0n) is 16.3. The van der Waals surface area contributed by atoms with Crippen LogP contribution in [-0.2, 0) is 23.8 Å². The average Bonchev–Trinajstić information content (AvgIpc) is 2.69. The Morgan fingerprint density at radius 2 is 1.55 bits per heavy atom. The van der Waals surface area contributed by atoms with Crippen molar-refractivity contribution in [3.8, 4) is 5.75 Å². The quantitative estimate of drug-likeness (QED) is 0.251. The molecule has 1 saturated heterocycles. The van der Waals surface area contributed by atoms with E-state index in [1.807, 2.05) is 0 Å².